The number of allylic oxidation sites excluding steroid dienone is 2. The van der Waals surface area contributed by atoms with E-state index >= 15 is 0 Å². The van der Waals surface area contributed by atoms with E-state index in [1.54, 1.807) is 4.57 Å². The third-order valence-corrected chi connectivity index (χ3v) is 10.1. The molecule has 0 radical (unpaired) electrons. The summed E-state index contributed by atoms with van der Waals surface area (Å²) in [5.74, 6) is 1.35. The van der Waals surface area contributed by atoms with Crippen LogP contribution in [0, 0.1) is 24.6 Å². The Balaban J connectivity index is 1.13. The molecule has 1 aliphatic carbocycles. The fourth-order valence-corrected chi connectivity index (χ4v) is 7.55. The predicted octanol–water partition coefficient (Wildman–Crippen LogP) is 8.39. The van der Waals surface area contributed by atoms with Gasteiger partial charge in [-0.25, -0.2) is 9.37 Å². The minimum Gasteiger partial charge on any atom is -0.481 e. The van der Waals surface area contributed by atoms with Gasteiger partial charge in [-0.05, 0) is 94.3 Å². The van der Waals surface area contributed by atoms with Crippen molar-refractivity contribution in [2.45, 2.75) is 129 Å². The molecule has 3 aliphatic rings. The maximum Gasteiger partial charge on any atom is 0.306 e. The topological polar surface area (TPSA) is 108 Å². The van der Waals surface area contributed by atoms with E-state index in [1.165, 1.54) is 24.1 Å². The van der Waals surface area contributed by atoms with Crippen molar-refractivity contribution in [2.24, 2.45) is 11.8 Å². The molecule has 3 heterocycles. The zero-order valence-corrected chi connectivity index (χ0v) is 27.7. The number of rotatable bonds is 13. The molecule has 47 heavy (non-hydrogen) atoms. The van der Waals surface area contributed by atoms with Crippen molar-refractivity contribution in [1.29, 1.82) is 0 Å². The van der Waals surface area contributed by atoms with E-state index in [0.29, 0.717) is 67.8 Å². The van der Waals surface area contributed by atoms with E-state index in [0.717, 1.165) is 74.6 Å². The second kappa shape index (κ2) is 16.4. The summed E-state index contributed by atoms with van der Waals surface area (Å²) in [6, 6.07) is 4.81. The molecule has 1 fully saturated rings. The van der Waals surface area contributed by atoms with Crippen LogP contribution >= 0.6 is 0 Å². The van der Waals surface area contributed by atoms with Crippen molar-refractivity contribution in [1.82, 2.24) is 9.55 Å². The van der Waals surface area contributed by atoms with Crippen LogP contribution < -0.4 is 10.3 Å². The monoisotopic (exact) mass is 648 g/mol. The van der Waals surface area contributed by atoms with E-state index in [1.807, 2.05) is 13.0 Å². The number of carboxylic acids is 1. The van der Waals surface area contributed by atoms with E-state index in [9.17, 15) is 18.8 Å². The van der Waals surface area contributed by atoms with Crippen LogP contribution in [-0.2, 0) is 27.3 Å². The molecule has 8 nitrogen and oxygen atoms in total. The summed E-state index contributed by atoms with van der Waals surface area (Å²) in [6.45, 7) is 6.47. The largest absolute Gasteiger partial charge is 0.481 e. The summed E-state index contributed by atoms with van der Waals surface area (Å²) in [4.78, 5) is 41.6. The van der Waals surface area contributed by atoms with Crippen molar-refractivity contribution in [3.63, 3.8) is 0 Å². The molecule has 3 atom stereocenters. The van der Waals surface area contributed by atoms with E-state index in [2.05, 4.69) is 12.7 Å². The minimum absolute atomic E-state index is 0.00757. The molecular formula is C38H49FN2O6. The second-order valence-corrected chi connectivity index (χ2v) is 13.5. The number of carbonyl (C=O) groups is 2. The highest BCUT2D eigenvalue weighted by Gasteiger charge is 2.29. The zero-order chi connectivity index (χ0) is 33.3. The van der Waals surface area contributed by atoms with Crippen molar-refractivity contribution in [3.8, 4) is 5.75 Å². The van der Waals surface area contributed by atoms with Crippen LogP contribution in [0.2, 0.25) is 0 Å². The zero-order valence-electron chi connectivity index (χ0n) is 27.7. The first-order valence-electron chi connectivity index (χ1n) is 17.6. The summed E-state index contributed by atoms with van der Waals surface area (Å²) in [5.41, 5.74) is 3.71. The molecule has 9 heteroatoms. The molecule has 0 saturated heterocycles. The van der Waals surface area contributed by atoms with Gasteiger partial charge in [0.2, 0.25) is 0 Å². The van der Waals surface area contributed by atoms with Crippen molar-refractivity contribution < 1.29 is 28.6 Å². The highest BCUT2D eigenvalue weighted by molar-refractivity contribution is 5.73. The number of unbranched alkanes of at least 4 members (excludes halogenated alkanes) is 3. The molecule has 0 bridgehead atoms. The molecular weight excluding hydrogens is 599 g/mol. The van der Waals surface area contributed by atoms with E-state index in [-0.39, 0.29) is 30.2 Å². The summed E-state index contributed by atoms with van der Waals surface area (Å²) >= 11 is 0. The predicted molar refractivity (Wildman–Crippen MR) is 178 cm³/mol. The number of hydrogen-bond donors (Lipinski definition) is 1. The van der Waals surface area contributed by atoms with Gasteiger partial charge in [0, 0.05) is 48.7 Å². The molecule has 5 rings (SSSR count). The van der Waals surface area contributed by atoms with Crippen molar-refractivity contribution in [3.05, 3.63) is 75.4 Å². The number of aliphatic carboxylic acids is 1. The van der Waals surface area contributed by atoms with Crippen molar-refractivity contribution >= 4 is 17.5 Å². The fraction of sp³-hybridized carbons (Fsp3) is 0.579. The average molecular weight is 649 g/mol. The average Bonchev–Trinajstić information content (AvgIpc) is 3.36. The number of ether oxygens (including phenoxy) is 2. The lowest BCUT2D eigenvalue weighted by Gasteiger charge is -2.27. The third kappa shape index (κ3) is 9.20. The lowest BCUT2D eigenvalue weighted by Crippen LogP contribution is -2.35. The first-order valence-corrected chi connectivity index (χ1v) is 17.6. The Hall–Kier alpha value is -3.75. The Labute approximate surface area is 277 Å². The van der Waals surface area contributed by atoms with Gasteiger partial charge in [-0.3, -0.25) is 19.0 Å². The van der Waals surface area contributed by atoms with Crippen molar-refractivity contribution in [2.75, 3.05) is 0 Å². The molecule has 254 valence electrons. The highest BCUT2D eigenvalue weighted by Crippen LogP contribution is 2.42. The lowest BCUT2D eigenvalue weighted by atomic mass is 9.85. The third-order valence-electron chi connectivity index (χ3n) is 10.1. The number of carbonyl (C=O) groups excluding carboxylic acids is 1. The number of halogens is 1. The molecule has 0 spiro atoms. The van der Waals surface area contributed by atoms with Gasteiger partial charge >= 0.3 is 11.9 Å². The van der Waals surface area contributed by atoms with Gasteiger partial charge in [0.05, 0.1) is 0 Å². The molecule has 2 aromatic rings. The number of hydrogen-bond acceptors (Lipinski definition) is 6. The van der Waals surface area contributed by atoms with Crippen LogP contribution in [-0.4, -0.2) is 26.6 Å². The van der Waals surface area contributed by atoms with Gasteiger partial charge in [-0.2, -0.15) is 0 Å². The smallest absolute Gasteiger partial charge is 0.306 e. The van der Waals surface area contributed by atoms with Crippen LogP contribution in [0.25, 0.3) is 5.57 Å². The highest BCUT2D eigenvalue weighted by atomic mass is 19.1. The van der Waals surface area contributed by atoms with E-state index in [4.69, 9.17) is 19.6 Å². The lowest BCUT2D eigenvalue weighted by molar-refractivity contribution is -0.151. The summed E-state index contributed by atoms with van der Waals surface area (Å²) in [5, 5.41) is 8.75. The number of aryl methyl sites for hydroxylation is 1. The number of nitrogens with zero attached hydrogens (tertiary/aromatic N) is 2. The maximum atomic E-state index is 14.0. The van der Waals surface area contributed by atoms with Gasteiger partial charge in [0.15, 0.2) is 11.9 Å². The number of benzene rings is 1. The molecule has 2 aliphatic heterocycles. The van der Waals surface area contributed by atoms with E-state index < -0.39 is 12.1 Å². The summed E-state index contributed by atoms with van der Waals surface area (Å²) in [6.07, 6.45) is 15.3. The fourth-order valence-electron chi connectivity index (χ4n) is 7.55. The quantitative estimate of drug-likeness (QED) is 0.132. The Bertz CT molecular complexity index is 1550. The van der Waals surface area contributed by atoms with Gasteiger partial charge in [-0.15, -0.1) is 0 Å². The first-order chi connectivity index (χ1) is 22.7. The standard InChI is InChI=1S/C38H49FN2O6/c1-25-17-21-31(32-22-20-29(39)24-34(32)46-25)28-12-7-10-27(18-19-28)11-8-13-30-26(2)40-37-33(14-9-23-41(37)38(30)45)47-36(44)16-6-4-3-5-15-35(42)43/h20-22,24,27-28,33H,1,3-19,23H2,2H3,(H,42,43). The molecule has 3 unspecified atom stereocenters. The maximum absolute atomic E-state index is 14.0. The van der Waals surface area contributed by atoms with Gasteiger partial charge in [-0.1, -0.05) is 44.8 Å². The van der Waals surface area contributed by atoms with Crippen LogP contribution in [0.3, 0.4) is 0 Å². The van der Waals surface area contributed by atoms with Crippen LogP contribution in [0.15, 0.2) is 41.4 Å². The SMILES string of the molecule is C=C1CC=C(C2CCCC(CCCc3c(C)nc4n(c3=O)CCCC4OC(=O)CCCCCCC(=O)O)CC2)c2ccc(F)cc2O1. The van der Waals surface area contributed by atoms with Crippen LogP contribution in [0.5, 0.6) is 5.75 Å². The second-order valence-electron chi connectivity index (χ2n) is 13.5. The minimum atomic E-state index is -0.797. The first kappa shape index (κ1) is 34.6. The summed E-state index contributed by atoms with van der Waals surface area (Å²) in [7, 11) is 0. The van der Waals surface area contributed by atoms with Gasteiger partial charge in [0.25, 0.3) is 5.56 Å². The van der Waals surface area contributed by atoms with Crippen LogP contribution in [0.4, 0.5) is 4.39 Å². The van der Waals surface area contributed by atoms with Gasteiger partial charge < -0.3 is 14.6 Å². The summed E-state index contributed by atoms with van der Waals surface area (Å²) < 4.78 is 27.3. The Kier molecular flexibility index (Phi) is 12.1. The number of esters is 1. The number of fused-ring (bicyclic) bond motifs is 2. The number of carboxylic acid groups (broad SMARTS) is 1. The molecule has 0 amide bonds. The molecule has 1 aromatic carbocycles. The molecule has 1 aromatic heterocycles. The Morgan fingerprint density at radius 1 is 1.06 bits per heavy atom. The van der Waals surface area contributed by atoms with Gasteiger partial charge in [0.1, 0.15) is 17.3 Å². The van der Waals surface area contributed by atoms with Crippen LogP contribution in [0.1, 0.15) is 131 Å². The molecule has 1 saturated carbocycles. The Morgan fingerprint density at radius 3 is 2.68 bits per heavy atom. The number of aromatic nitrogens is 2. The Morgan fingerprint density at radius 2 is 1.87 bits per heavy atom. The normalized spacial score (nSPS) is 21.0. The molecule has 1 N–H and O–H groups in total.